The zero-order valence-electron chi connectivity index (χ0n) is 20.0. The average Bonchev–Trinajstić information content (AvgIpc) is 3.42. The van der Waals surface area contributed by atoms with Crippen molar-refractivity contribution in [1.82, 2.24) is 19.7 Å². The molecule has 1 aliphatic heterocycles. The highest BCUT2D eigenvalue weighted by Crippen LogP contribution is 2.38. The molecule has 1 aliphatic rings. The molecule has 1 amide bonds. The van der Waals surface area contributed by atoms with Crippen molar-refractivity contribution < 1.29 is 13.9 Å². The minimum atomic E-state index is -0.604. The summed E-state index contributed by atoms with van der Waals surface area (Å²) in [5, 5.41) is 11.4. The third-order valence-corrected chi connectivity index (χ3v) is 5.57. The SMILES string of the molecule is CNc1nc(Nc2cccc3c2N(C(=O)OC(C)(C)C)CC3)nc2c1cnn2-c1cccc(F)c1. The lowest BCUT2D eigenvalue weighted by Crippen LogP contribution is -2.36. The second-order valence-electron chi connectivity index (χ2n) is 9.24. The van der Waals surface area contributed by atoms with E-state index in [1.807, 2.05) is 39.0 Å². The van der Waals surface area contributed by atoms with Gasteiger partial charge >= 0.3 is 6.09 Å². The summed E-state index contributed by atoms with van der Waals surface area (Å²) in [5.41, 5.74) is 2.91. The summed E-state index contributed by atoms with van der Waals surface area (Å²) in [6.45, 7) is 6.05. The zero-order valence-corrected chi connectivity index (χ0v) is 20.0. The van der Waals surface area contributed by atoms with Crippen LogP contribution in [0.25, 0.3) is 16.7 Å². The molecule has 0 saturated heterocycles. The Hall–Kier alpha value is -4.21. The fourth-order valence-electron chi connectivity index (χ4n) is 4.13. The minimum Gasteiger partial charge on any atom is -0.443 e. The maximum Gasteiger partial charge on any atom is 0.414 e. The number of nitrogens with one attached hydrogen (secondary N) is 2. The van der Waals surface area contributed by atoms with Crippen LogP contribution in [0, 0.1) is 5.82 Å². The van der Waals surface area contributed by atoms with Crippen molar-refractivity contribution in [3.63, 3.8) is 0 Å². The molecular formula is C25H26FN7O2. The molecule has 180 valence electrons. The molecule has 0 saturated carbocycles. The highest BCUT2D eigenvalue weighted by atomic mass is 19.1. The van der Waals surface area contributed by atoms with Gasteiger partial charge in [-0.05, 0) is 57.0 Å². The molecule has 10 heteroatoms. The number of carbonyl (C=O) groups is 1. The predicted molar refractivity (Wildman–Crippen MR) is 133 cm³/mol. The highest BCUT2D eigenvalue weighted by molar-refractivity contribution is 5.96. The third-order valence-electron chi connectivity index (χ3n) is 5.57. The Morgan fingerprint density at radius 3 is 2.69 bits per heavy atom. The second-order valence-corrected chi connectivity index (χ2v) is 9.24. The fourth-order valence-corrected chi connectivity index (χ4v) is 4.13. The highest BCUT2D eigenvalue weighted by Gasteiger charge is 2.31. The average molecular weight is 476 g/mol. The van der Waals surface area contributed by atoms with E-state index in [1.54, 1.807) is 35.0 Å². The van der Waals surface area contributed by atoms with Crippen LogP contribution in [-0.4, -0.2) is 45.0 Å². The second kappa shape index (κ2) is 8.53. The van der Waals surface area contributed by atoms with Crippen LogP contribution in [0.4, 0.5) is 32.3 Å². The van der Waals surface area contributed by atoms with Gasteiger partial charge in [-0.2, -0.15) is 15.1 Å². The maximum absolute atomic E-state index is 13.9. The van der Waals surface area contributed by atoms with Gasteiger partial charge in [0.2, 0.25) is 5.95 Å². The van der Waals surface area contributed by atoms with E-state index >= 15 is 0 Å². The molecule has 9 nitrogen and oxygen atoms in total. The molecular weight excluding hydrogens is 449 g/mol. The Morgan fingerprint density at radius 1 is 1.14 bits per heavy atom. The number of benzene rings is 2. The van der Waals surface area contributed by atoms with Gasteiger partial charge in [0, 0.05) is 13.6 Å². The van der Waals surface area contributed by atoms with Crippen molar-refractivity contribution in [2.45, 2.75) is 32.8 Å². The van der Waals surface area contributed by atoms with Crippen molar-refractivity contribution in [2.75, 3.05) is 29.1 Å². The lowest BCUT2D eigenvalue weighted by atomic mass is 10.1. The first-order valence-electron chi connectivity index (χ1n) is 11.3. The van der Waals surface area contributed by atoms with Gasteiger partial charge in [-0.15, -0.1) is 0 Å². The van der Waals surface area contributed by atoms with E-state index < -0.39 is 11.7 Å². The van der Waals surface area contributed by atoms with Crippen LogP contribution in [0.3, 0.4) is 0 Å². The van der Waals surface area contributed by atoms with E-state index in [1.165, 1.54) is 12.1 Å². The van der Waals surface area contributed by atoms with E-state index in [0.717, 1.165) is 17.7 Å². The van der Waals surface area contributed by atoms with Crippen LogP contribution in [0.2, 0.25) is 0 Å². The molecule has 35 heavy (non-hydrogen) atoms. The van der Waals surface area contributed by atoms with Gasteiger partial charge in [-0.1, -0.05) is 18.2 Å². The number of aromatic nitrogens is 4. The largest absolute Gasteiger partial charge is 0.443 e. The van der Waals surface area contributed by atoms with Crippen LogP contribution in [0.1, 0.15) is 26.3 Å². The number of para-hydroxylation sites is 1. The number of fused-ring (bicyclic) bond motifs is 2. The molecule has 3 heterocycles. The van der Waals surface area contributed by atoms with Crippen molar-refractivity contribution in [2.24, 2.45) is 0 Å². The van der Waals surface area contributed by atoms with Crippen LogP contribution in [0.15, 0.2) is 48.7 Å². The summed E-state index contributed by atoms with van der Waals surface area (Å²) < 4.78 is 21.0. The summed E-state index contributed by atoms with van der Waals surface area (Å²) in [6, 6.07) is 11.9. The fraction of sp³-hybridized carbons (Fsp3) is 0.280. The molecule has 0 bridgehead atoms. The standard InChI is InChI=1S/C25H26FN7O2/c1-25(2,3)35-24(34)32-12-11-15-7-5-10-19(20(15)32)29-23-30-21(27-4)18-14-28-33(22(18)31-23)17-9-6-8-16(26)13-17/h5-10,13-14H,11-12H2,1-4H3,(H2,27,29,30,31). The number of carbonyl (C=O) groups excluding carboxylic acids is 1. The number of amides is 1. The van der Waals surface area contributed by atoms with Crippen molar-refractivity contribution in [1.29, 1.82) is 0 Å². The number of halogens is 1. The summed E-state index contributed by atoms with van der Waals surface area (Å²) >= 11 is 0. The van der Waals surface area contributed by atoms with Crippen LogP contribution in [0.5, 0.6) is 0 Å². The van der Waals surface area contributed by atoms with Gasteiger partial charge < -0.3 is 15.4 Å². The van der Waals surface area contributed by atoms with Gasteiger partial charge in [0.25, 0.3) is 0 Å². The lowest BCUT2D eigenvalue weighted by molar-refractivity contribution is 0.0584. The monoisotopic (exact) mass is 475 g/mol. The van der Waals surface area contributed by atoms with Gasteiger partial charge in [0.15, 0.2) is 5.65 Å². The van der Waals surface area contributed by atoms with Crippen molar-refractivity contribution >= 4 is 40.3 Å². The Labute approximate surface area is 201 Å². The first-order valence-corrected chi connectivity index (χ1v) is 11.3. The molecule has 4 aromatic rings. The molecule has 2 aromatic heterocycles. The first-order chi connectivity index (χ1) is 16.7. The van der Waals surface area contributed by atoms with Crippen molar-refractivity contribution in [3.05, 3.63) is 60.0 Å². The molecule has 0 aliphatic carbocycles. The summed E-state index contributed by atoms with van der Waals surface area (Å²) in [6.07, 6.45) is 1.96. The first kappa shape index (κ1) is 22.6. The molecule has 5 rings (SSSR count). The normalized spacial score (nSPS) is 13.1. The Morgan fingerprint density at radius 2 is 1.94 bits per heavy atom. The van der Waals surface area contributed by atoms with Crippen LogP contribution >= 0.6 is 0 Å². The van der Waals surface area contributed by atoms with E-state index in [2.05, 4.69) is 25.7 Å². The lowest BCUT2D eigenvalue weighted by Gasteiger charge is -2.26. The third kappa shape index (κ3) is 4.34. The summed E-state index contributed by atoms with van der Waals surface area (Å²) in [5.74, 6) is 0.510. The van der Waals surface area contributed by atoms with Crippen molar-refractivity contribution in [3.8, 4) is 5.69 Å². The quantitative estimate of drug-likeness (QED) is 0.427. The van der Waals surface area contributed by atoms with Gasteiger partial charge in [0.05, 0.1) is 28.6 Å². The number of anilines is 4. The Bertz CT molecular complexity index is 1430. The van der Waals surface area contributed by atoms with Gasteiger partial charge in [-0.25, -0.2) is 13.9 Å². The van der Waals surface area contributed by atoms with E-state index in [9.17, 15) is 9.18 Å². The summed E-state index contributed by atoms with van der Waals surface area (Å²) in [4.78, 5) is 23.8. The van der Waals surface area contributed by atoms with Gasteiger partial charge in [-0.3, -0.25) is 4.90 Å². The van der Waals surface area contributed by atoms with Gasteiger partial charge in [0.1, 0.15) is 17.2 Å². The minimum absolute atomic E-state index is 0.310. The molecule has 0 radical (unpaired) electrons. The number of rotatable bonds is 4. The molecule has 0 unspecified atom stereocenters. The molecule has 2 N–H and O–H groups in total. The molecule has 2 aromatic carbocycles. The Kier molecular flexibility index (Phi) is 5.50. The number of nitrogens with zero attached hydrogens (tertiary/aromatic N) is 5. The maximum atomic E-state index is 13.9. The van der Waals surface area contributed by atoms with Crippen LogP contribution in [-0.2, 0) is 11.2 Å². The number of ether oxygens (including phenoxy) is 1. The summed E-state index contributed by atoms with van der Waals surface area (Å²) in [7, 11) is 1.76. The molecule has 0 atom stereocenters. The van der Waals surface area contributed by atoms with E-state index in [4.69, 9.17) is 4.74 Å². The van der Waals surface area contributed by atoms with E-state index in [0.29, 0.717) is 40.7 Å². The zero-order chi connectivity index (χ0) is 24.7. The molecule has 0 spiro atoms. The number of hydrogen-bond acceptors (Lipinski definition) is 7. The smallest absolute Gasteiger partial charge is 0.414 e. The topological polar surface area (TPSA) is 97.2 Å². The van der Waals surface area contributed by atoms with Crippen LogP contribution < -0.4 is 15.5 Å². The van der Waals surface area contributed by atoms with E-state index in [-0.39, 0.29) is 5.82 Å². The Balaban J connectivity index is 1.55. The molecule has 0 fully saturated rings. The number of hydrogen-bond donors (Lipinski definition) is 2. The predicted octanol–water partition coefficient (Wildman–Crippen LogP) is 5.04.